The molecule has 38 heavy (non-hydrogen) atoms. The van der Waals surface area contributed by atoms with Gasteiger partial charge >= 0.3 is 5.97 Å². The average molecular weight is 636 g/mol. The minimum atomic E-state index is -1.87. The molecule has 0 amide bonds. The van der Waals surface area contributed by atoms with E-state index in [0.29, 0.717) is 22.3 Å². The van der Waals surface area contributed by atoms with Gasteiger partial charge in [-0.1, -0.05) is 44.5 Å². The molecule has 0 aliphatic heterocycles. The van der Waals surface area contributed by atoms with Crippen molar-refractivity contribution < 1.29 is 18.7 Å². The number of rotatable bonds is 8. The molecule has 3 aromatic heterocycles. The highest BCUT2D eigenvalue weighted by molar-refractivity contribution is 9.10. The molecule has 4 aromatic rings. The Morgan fingerprint density at radius 2 is 1.95 bits per heavy atom. The zero-order valence-corrected chi connectivity index (χ0v) is 26.8. The Balaban J connectivity index is 1.58. The smallest absolute Gasteiger partial charge is 0.351 e. The van der Waals surface area contributed by atoms with Gasteiger partial charge in [0, 0.05) is 27.3 Å². The van der Waals surface area contributed by atoms with Crippen LogP contribution in [-0.2, 0) is 15.8 Å². The van der Waals surface area contributed by atoms with Crippen LogP contribution >= 0.6 is 38.9 Å². The summed E-state index contributed by atoms with van der Waals surface area (Å²) in [5.74, 6) is -0.0154. The second-order valence-corrected chi connectivity index (χ2v) is 17.9. The van der Waals surface area contributed by atoms with Gasteiger partial charge in [-0.05, 0) is 64.7 Å². The molecule has 0 spiro atoms. The number of fused-ring (bicyclic) bond motifs is 1. The van der Waals surface area contributed by atoms with Crippen molar-refractivity contribution in [1.29, 1.82) is 0 Å². The summed E-state index contributed by atoms with van der Waals surface area (Å²) in [6, 6.07) is 11.6. The summed E-state index contributed by atoms with van der Waals surface area (Å²) in [6.45, 7) is 13.6. The maximum absolute atomic E-state index is 12.6. The van der Waals surface area contributed by atoms with E-state index < -0.39 is 20.4 Å². The van der Waals surface area contributed by atoms with E-state index in [1.54, 1.807) is 6.20 Å². The molecule has 0 unspecified atom stereocenters. The molecule has 0 aliphatic rings. The van der Waals surface area contributed by atoms with Crippen molar-refractivity contribution in [3.63, 3.8) is 0 Å². The number of benzene rings is 1. The third kappa shape index (κ3) is 6.02. The zero-order valence-electron chi connectivity index (χ0n) is 22.6. The molecule has 0 fully saturated rings. The van der Waals surface area contributed by atoms with Crippen LogP contribution in [0.15, 0.2) is 53.3 Å². The Kier molecular flexibility index (Phi) is 8.45. The van der Waals surface area contributed by atoms with Gasteiger partial charge < -0.3 is 13.9 Å². The number of thiophene rings is 1. The van der Waals surface area contributed by atoms with E-state index in [2.05, 4.69) is 54.8 Å². The number of carbonyl (C=O) groups is 1. The summed E-state index contributed by atoms with van der Waals surface area (Å²) < 4.78 is 20.6. The van der Waals surface area contributed by atoms with Crippen LogP contribution < -0.4 is 4.74 Å². The Bertz CT molecular complexity index is 1480. The average Bonchev–Trinajstić information content (AvgIpc) is 3.45. The summed E-state index contributed by atoms with van der Waals surface area (Å²) in [5.41, 5.74) is 3.49. The molecular weight excluding hydrogens is 604 g/mol. The molecule has 6 nitrogen and oxygen atoms in total. The van der Waals surface area contributed by atoms with Crippen molar-refractivity contribution in [3.8, 4) is 16.3 Å². The van der Waals surface area contributed by atoms with Crippen molar-refractivity contribution in [3.05, 3.63) is 74.3 Å². The van der Waals surface area contributed by atoms with Gasteiger partial charge in [0.2, 0.25) is 0 Å². The molecular formula is C28H32BrClN2O4SSi. The lowest BCUT2D eigenvalue weighted by molar-refractivity contribution is 0.0600. The van der Waals surface area contributed by atoms with Gasteiger partial charge in [-0.25, -0.2) is 9.78 Å². The predicted molar refractivity (Wildman–Crippen MR) is 160 cm³/mol. The topological polar surface area (TPSA) is 62.1 Å². The maximum Gasteiger partial charge on any atom is 0.351 e. The Morgan fingerprint density at radius 3 is 2.61 bits per heavy atom. The number of esters is 1. The molecule has 3 heterocycles. The largest absolute Gasteiger partial charge is 0.484 e. The highest BCUT2D eigenvalue weighted by atomic mass is 79.9. The first-order chi connectivity index (χ1) is 17.8. The first-order valence-corrected chi connectivity index (χ1v) is 17.1. The van der Waals surface area contributed by atoms with Gasteiger partial charge in [0.05, 0.1) is 30.5 Å². The Labute approximate surface area is 242 Å². The fourth-order valence-corrected chi connectivity index (χ4v) is 6.35. The summed E-state index contributed by atoms with van der Waals surface area (Å²) >= 11 is 11.5. The quantitative estimate of drug-likeness (QED) is 0.143. The van der Waals surface area contributed by atoms with Crippen LogP contribution in [0.2, 0.25) is 23.2 Å². The van der Waals surface area contributed by atoms with Gasteiger partial charge in [0.15, 0.2) is 13.2 Å². The normalized spacial score (nSPS) is 13.1. The molecule has 0 radical (unpaired) electrons. The number of carbonyl (C=O) groups excluding carboxylic acids is 1. The second-order valence-electron chi connectivity index (χ2n) is 10.7. The number of halogens is 2. The third-order valence-corrected chi connectivity index (χ3v) is 13.4. The standard InChI is InChI=1S/C28H32BrClN2O4SSi/c1-17(20-10-8-18(12-21(20)30)16-35-38(6,7)28(2,3)4)36-23-13-24(37-26(23)27(33)34-5)22-14-31-25-11-9-19(29)15-32(22)25/h8-15,17H,16H2,1-7H3/t17-/m1/s1. The lowest BCUT2D eigenvalue weighted by Crippen LogP contribution is -2.40. The molecule has 0 saturated carbocycles. The van der Waals surface area contributed by atoms with Crippen molar-refractivity contribution in [2.45, 2.75) is 58.5 Å². The van der Waals surface area contributed by atoms with Gasteiger partial charge in [-0.15, -0.1) is 11.3 Å². The molecule has 1 atom stereocenters. The van der Waals surface area contributed by atoms with Crippen molar-refractivity contribution in [2.75, 3.05) is 7.11 Å². The monoisotopic (exact) mass is 634 g/mol. The summed E-state index contributed by atoms with van der Waals surface area (Å²) in [6.07, 6.45) is 3.32. The van der Waals surface area contributed by atoms with Crippen molar-refractivity contribution >= 4 is 58.8 Å². The van der Waals surface area contributed by atoms with Gasteiger partial charge in [0.25, 0.3) is 0 Å². The Morgan fingerprint density at radius 1 is 1.21 bits per heavy atom. The molecule has 1 aromatic carbocycles. The molecule has 0 N–H and O–H groups in total. The summed E-state index contributed by atoms with van der Waals surface area (Å²) in [5, 5.41) is 0.728. The summed E-state index contributed by atoms with van der Waals surface area (Å²) in [7, 11) is -0.510. The predicted octanol–water partition coefficient (Wildman–Crippen LogP) is 8.93. The van der Waals surface area contributed by atoms with Crippen LogP contribution in [0.4, 0.5) is 0 Å². The van der Waals surface area contributed by atoms with Crippen LogP contribution in [0, 0.1) is 0 Å². The number of imidazole rings is 1. The molecule has 10 heteroatoms. The van der Waals surface area contributed by atoms with E-state index in [4.69, 9.17) is 25.5 Å². The minimum Gasteiger partial charge on any atom is -0.484 e. The number of hydrogen-bond donors (Lipinski definition) is 0. The third-order valence-electron chi connectivity index (χ3n) is 7.00. The second kappa shape index (κ2) is 11.1. The van der Waals surface area contributed by atoms with Crippen LogP contribution in [0.3, 0.4) is 0 Å². The van der Waals surface area contributed by atoms with Crippen LogP contribution in [0.1, 0.15) is 54.6 Å². The highest BCUT2D eigenvalue weighted by Gasteiger charge is 2.37. The first-order valence-electron chi connectivity index (χ1n) is 12.2. The lowest BCUT2D eigenvalue weighted by Gasteiger charge is -2.36. The van der Waals surface area contributed by atoms with Gasteiger partial charge in [0.1, 0.15) is 17.5 Å². The number of hydrogen-bond acceptors (Lipinski definition) is 6. The van der Waals surface area contributed by atoms with E-state index in [9.17, 15) is 4.79 Å². The first kappa shape index (κ1) is 28.8. The molecule has 0 aliphatic carbocycles. The van der Waals surface area contributed by atoms with Crippen LogP contribution in [-0.4, -0.2) is 30.8 Å². The van der Waals surface area contributed by atoms with E-state index >= 15 is 0 Å². The van der Waals surface area contributed by atoms with Crippen LogP contribution in [0.5, 0.6) is 5.75 Å². The molecule has 0 saturated heterocycles. The van der Waals surface area contributed by atoms with Gasteiger partial charge in [-0.2, -0.15) is 0 Å². The minimum absolute atomic E-state index is 0.134. The van der Waals surface area contributed by atoms with Crippen molar-refractivity contribution in [2.24, 2.45) is 0 Å². The molecule has 4 rings (SSSR count). The number of ether oxygens (including phenoxy) is 2. The maximum atomic E-state index is 12.6. The van der Waals surface area contributed by atoms with Crippen molar-refractivity contribution in [1.82, 2.24) is 9.38 Å². The highest BCUT2D eigenvalue weighted by Crippen LogP contribution is 2.40. The molecule has 0 bridgehead atoms. The number of methoxy groups -OCH3 is 1. The number of pyridine rings is 1. The number of nitrogens with zero attached hydrogens (tertiary/aromatic N) is 2. The van der Waals surface area contributed by atoms with E-state index in [1.807, 2.05) is 53.9 Å². The molecule has 202 valence electrons. The fraction of sp³-hybridized carbons (Fsp3) is 0.357. The lowest BCUT2D eigenvalue weighted by atomic mass is 10.1. The van der Waals surface area contributed by atoms with Crippen LogP contribution in [0.25, 0.3) is 16.2 Å². The fourth-order valence-electron chi connectivity index (χ4n) is 3.68. The van der Waals surface area contributed by atoms with E-state index in [-0.39, 0.29) is 5.04 Å². The SMILES string of the molecule is COC(=O)c1sc(-c2cnc3ccc(Br)cn23)cc1O[C@H](C)c1ccc(CO[Si](C)(C)C(C)(C)C)cc1Cl. The Hall–Kier alpha value is -2.17. The summed E-state index contributed by atoms with van der Waals surface area (Å²) in [4.78, 5) is 18.3. The van der Waals surface area contributed by atoms with E-state index in [0.717, 1.165) is 31.8 Å². The van der Waals surface area contributed by atoms with Gasteiger partial charge in [-0.3, -0.25) is 4.40 Å². The zero-order chi connectivity index (χ0) is 27.8. The van der Waals surface area contributed by atoms with E-state index in [1.165, 1.54) is 18.4 Å². The number of aromatic nitrogens is 2.